The first-order chi connectivity index (χ1) is 10.0. The Morgan fingerprint density at radius 3 is 2.62 bits per heavy atom. The first kappa shape index (κ1) is 15.1. The maximum absolute atomic E-state index is 12.3. The van der Waals surface area contributed by atoms with E-state index in [2.05, 4.69) is 6.58 Å². The Morgan fingerprint density at radius 1 is 1.38 bits per heavy atom. The summed E-state index contributed by atoms with van der Waals surface area (Å²) in [4.78, 5) is 24.6. The molecule has 112 valence electrons. The summed E-state index contributed by atoms with van der Waals surface area (Å²) in [6.45, 7) is 3.94. The van der Waals surface area contributed by atoms with Crippen LogP contribution in [0.3, 0.4) is 0 Å². The molecule has 1 fully saturated rings. The number of amides is 1. The summed E-state index contributed by atoms with van der Waals surface area (Å²) in [6, 6.07) is 5.44. The highest BCUT2D eigenvalue weighted by Crippen LogP contribution is 2.22. The smallest absolute Gasteiger partial charge is 0.326 e. The molecule has 1 heterocycles. The van der Waals surface area contributed by atoms with E-state index in [0.29, 0.717) is 17.9 Å². The molecule has 0 unspecified atom stereocenters. The second-order valence-electron chi connectivity index (χ2n) is 4.83. The fourth-order valence-electron chi connectivity index (χ4n) is 2.29. The van der Waals surface area contributed by atoms with Gasteiger partial charge in [-0.15, -0.1) is 0 Å². The summed E-state index contributed by atoms with van der Waals surface area (Å²) in [5.41, 5.74) is 0.362. The lowest BCUT2D eigenvalue weighted by Gasteiger charge is -2.21. The second-order valence-corrected chi connectivity index (χ2v) is 4.83. The lowest BCUT2D eigenvalue weighted by atomic mass is 10.1. The van der Waals surface area contributed by atoms with E-state index in [1.54, 1.807) is 30.3 Å². The molecule has 0 radical (unpaired) electrons. The molecule has 2 atom stereocenters. The predicted octanol–water partition coefficient (Wildman–Crippen LogP) is 0.911. The van der Waals surface area contributed by atoms with Gasteiger partial charge in [0, 0.05) is 18.5 Å². The van der Waals surface area contributed by atoms with E-state index in [1.807, 2.05) is 0 Å². The van der Waals surface area contributed by atoms with Crippen LogP contribution >= 0.6 is 0 Å². The molecule has 1 aliphatic rings. The molecule has 1 aromatic carbocycles. The first-order valence-corrected chi connectivity index (χ1v) is 6.58. The summed E-state index contributed by atoms with van der Waals surface area (Å²) in [5, 5.41) is 18.7. The van der Waals surface area contributed by atoms with E-state index in [9.17, 15) is 14.7 Å². The van der Waals surface area contributed by atoms with Crippen LogP contribution in [-0.4, -0.2) is 52.3 Å². The van der Waals surface area contributed by atoms with E-state index in [0.717, 1.165) is 0 Å². The van der Waals surface area contributed by atoms with Gasteiger partial charge in [-0.1, -0.05) is 12.7 Å². The maximum atomic E-state index is 12.3. The summed E-state index contributed by atoms with van der Waals surface area (Å²) >= 11 is 0. The van der Waals surface area contributed by atoms with E-state index >= 15 is 0 Å². The third kappa shape index (κ3) is 3.41. The predicted molar refractivity (Wildman–Crippen MR) is 75.2 cm³/mol. The lowest BCUT2D eigenvalue weighted by Crippen LogP contribution is -2.40. The lowest BCUT2D eigenvalue weighted by molar-refractivity contribution is -0.141. The second kappa shape index (κ2) is 6.41. The number of hydrogen-bond acceptors (Lipinski definition) is 4. The summed E-state index contributed by atoms with van der Waals surface area (Å²) in [6.07, 6.45) is 0.870. The number of carboxylic acids is 1. The average molecular weight is 291 g/mol. The van der Waals surface area contributed by atoms with Crippen LogP contribution in [0.4, 0.5) is 0 Å². The number of aliphatic hydroxyl groups is 1. The number of carbonyl (C=O) groups excluding carboxylic acids is 1. The molecule has 0 bridgehead atoms. The molecule has 2 rings (SSSR count). The zero-order chi connectivity index (χ0) is 15.4. The van der Waals surface area contributed by atoms with Gasteiger partial charge in [0.25, 0.3) is 5.91 Å². The number of benzene rings is 1. The molecule has 0 saturated carbocycles. The maximum Gasteiger partial charge on any atom is 0.326 e. The molecule has 6 heteroatoms. The Balaban J connectivity index is 2.12. The fourth-order valence-corrected chi connectivity index (χ4v) is 2.29. The van der Waals surface area contributed by atoms with Crippen LogP contribution in [0, 0.1) is 0 Å². The van der Waals surface area contributed by atoms with Gasteiger partial charge in [0.2, 0.25) is 0 Å². The van der Waals surface area contributed by atoms with Crippen LogP contribution < -0.4 is 4.74 Å². The molecule has 0 aliphatic carbocycles. The quantitative estimate of drug-likeness (QED) is 0.787. The van der Waals surface area contributed by atoms with Gasteiger partial charge < -0.3 is 19.8 Å². The minimum atomic E-state index is -1.11. The monoisotopic (exact) mass is 291 g/mol. The third-order valence-corrected chi connectivity index (χ3v) is 3.29. The number of nitrogens with zero attached hydrogens (tertiary/aromatic N) is 1. The number of aliphatic hydroxyl groups excluding tert-OH is 1. The van der Waals surface area contributed by atoms with Crippen molar-refractivity contribution < 1.29 is 24.5 Å². The highest BCUT2D eigenvalue weighted by molar-refractivity contribution is 5.97. The van der Waals surface area contributed by atoms with Gasteiger partial charge in [-0.3, -0.25) is 4.79 Å². The SMILES string of the molecule is C=CCOc1ccc(C(=O)N2C[C@H](O)C[C@@H]2C(=O)O)cc1. The van der Waals surface area contributed by atoms with Crippen LogP contribution in [0.2, 0.25) is 0 Å². The Bertz CT molecular complexity index is 539. The standard InChI is InChI=1S/C15H17NO5/c1-2-7-21-12-5-3-10(4-6-12)14(18)16-9-11(17)8-13(16)15(19)20/h2-6,11,13,17H,1,7-9H2,(H,19,20)/t11-,13-/m1/s1. The largest absolute Gasteiger partial charge is 0.490 e. The van der Waals surface area contributed by atoms with Crippen molar-refractivity contribution in [3.05, 3.63) is 42.5 Å². The molecule has 6 nitrogen and oxygen atoms in total. The highest BCUT2D eigenvalue weighted by atomic mass is 16.5. The van der Waals surface area contributed by atoms with Crippen molar-refractivity contribution in [3.8, 4) is 5.75 Å². The number of ether oxygens (including phenoxy) is 1. The van der Waals surface area contributed by atoms with Crippen molar-refractivity contribution in [2.75, 3.05) is 13.2 Å². The van der Waals surface area contributed by atoms with Gasteiger partial charge in [0.1, 0.15) is 18.4 Å². The zero-order valence-corrected chi connectivity index (χ0v) is 11.4. The Morgan fingerprint density at radius 2 is 2.05 bits per heavy atom. The molecule has 0 aromatic heterocycles. The first-order valence-electron chi connectivity index (χ1n) is 6.58. The summed E-state index contributed by atoms with van der Waals surface area (Å²) in [7, 11) is 0. The Kier molecular flexibility index (Phi) is 4.59. The number of β-amino-alcohol motifs (C(OH)–C–C–N with tert-alkyl or cyclic N) is 1. The van der Waals surface area contributed by atoms with Crippen molar-refractivity contribution in [1.29, 1.82) is 0 Å². The van der Waals surface area contributed by atoms with Gasteiger partial charge >= 0.3 is 5.97 Å². The zero-order valence-electron chi connectivity index (χ0n) is 11.4. The van der Waals surface area contributed by atoms with E-state index < -0.39 is 24.0 Å². The Hall–Kier alpha value is -2.34. The van der Waals surface area contributed by atoms with Gasteiger partial charge in [-0.2, -0.15) is 0 Å². The van der Waals surface area contributed by atoms with Crippen molar-refractivity contribution >= 4 is 11.9 Å². The number of carboxylic acid groups (broad SMARTS) is 1. The highest BCUT2D eigenvalue weighted by Gasteiger charge is 2.39. The summed E-state index contributed by atoms with van der Waals surface area (Å²) < 4.78 is 5.31. The number of rotatable bonds is 5. The molecular formula is C15H17NO5. The Labute approximate surface area is 122 Å². The van der Waals surface area contributed by atoms with Crippen molar-refractivity contribution in [3.63, 3.8) is 0 Å². The van der Waals surface area contributed by atoms with Gasteiger partial charge in [0.05, 0.1) is 6.10 Å². The molecule has 1 aromatic rings. The minimum Gasteiger partial charge on any atom is -0.490 e. The van der Waals surface area contributed by atoms with Crippen LogP contribution in [0.15, 0.2) is 36.9 Å². The van der Waals surface area contributed by atoms with Gasteiger partial charge in [-0.25, -0.2) is 4.79 Å². The number of hydrogen-bond donors (Lipinski definition) is 2. The molecule has 21 heavy (non-hydrogen) atoms. The van der Waals surface area contributed by atoms with Crippen molar-refractivity contribution in [1.82, 2.24) is 4.90 Å². The molecule has 1 aliphatic heterocycles. The molecular weight excluding hydrogens is 274 g/mol. The van der Waals surface area contributed by atoms with E-state index in [1.165, 1.54) is 4.90 Å². The van der Waals surface area contributed by atoms with Crippen LogP contribution in [0.1, 0.15) is 16.8 Å². The number of likely N-dealkylation sites (tertiary alicyclic amines) is 1. The molecule has 0 spiro atoms. The van der Waals surface area contributed by atoms with Crippen LogP contribution in [0.5, 0.6) is 5.75 Å². The van der Waals surface area contributed by atoms with Gasteiger partial charge in [0.15, 0.2) is 0 Å². The fraction of sp³-hybridized carbons (Fsp3) is 0.333. The van der Waals surface area contributed by atoms with Crippen molar-refractivity contribution in [2.24, 2.45) is 0 Å². The number of carbonyl (C=O) groups is 2. The average Bonchev–Trinajstić information content (AvgIpc) is 2.87. The van der Waals surface area contributed by atoms with Crippen molar-refractivity contribution in [2.45, 2.75) is 18.6 Å². The summed E-state index contributed by atoms with van der Waals surface area (Å²) in [5.74, 6) is -0.914. The third-order valence-electron chi connectivity index (χ3n) is 3.29. The van der Waals surface area contributed by atoms with Gasteiger partial charge in [-0.05, 0) is 24.3 Å². The van der Waals surface area contributed by atoms with Crippen LogP contribution in [-0.2, 0) is 4.79 Å². The minimum absolute atomic E-state index is 0.0323. The molecule has 1 saturated heterocycles. The van der Waals surface area contributed by atoms with Crippen LogP contribution in [0.25, 0.3) is 0 Å². The molecule has 2 N–H and O–H groups in total. The normalized spacial score (nSPS) is 21.1. The molecule has 1 amide bonds. The topological polar surface area (TPSA) is 87.1 Å². The van der Waals surface area contributed by atoms with E-state index in [4.69, 9.17) is 9.84 Å². The van der Waals surface area contributed by atoms with E-state index in [-0.39, 0.29) is 13.0 Å². The number of aliphatic carboxylic acids is 1.